The number of carbonyl (C=O) groups excluding carboxylic acids is 1. The smallest absolute Gasteiger partial charge is 0.276 e. The van der Waals surface area contributed by atoms with E-state index in [-0.39, 0.29) is 5.91 Å². The second-order valence-electron chi connectivity index (χ2n) is 3.72. The monoisotopic (exact) mass is 240 g/mol. The van der Waals surface area contributed by atoms with Crippen LogP contribution in [-0.2, 0) is 6.42 Å². The van der Waals surface area contributed by atoms with Gasteiger partial charge in [-0.15, -0.1) is 0 Å². The molecular weight excluding hydrogens is 224 g/mol. The third-order valence-electron chi connectivity index (χ3n) is 2.74. The number of rotatable bonds is 2. The lowest BCUT2D eigenvalue weighted by atomic mass is 10.2. The highest BCUT2D eigenvalue weighted by molar-refractivity contribution is 7.99. The molecule has 1 fully saturated rings. The minimum Gasteiger partial charge on any atom is -0.395 e. The van der Waals surface area contributed by atoms with Gasteiger partial charge in [0.05, 0.1) is 11.4 Å². The van der Waals surface area contributed by atoms with Crippen molar-refractivity contribution in [3.63, 3.8) is 0 Å². The predicted molar refractivity (Wildman–Crippen MR) is 65.6 cm³/mol. The molecular formula is C10H16N4OS. The average Bonchev–Trinajstić information content (AvgIpc) is 2.70. The molecule has 0 bridgehead atoms. The Hall–Kier alpha value is -1.17. The van der Waals surface area contributed by atoms with Crippen molar-refractivity contribution in [1.29, 1.82) is 0 Å². The first-order chi connectivity index (χ1) is 7.74. The Morgan fingerprint density at radius 3 is 2.81 bits per heavy atom. The van der Waals surface area contributed by atoms with Crippen LogP contribution in [0.2, 0.25) is 0 Å². The van der Waals surface area contributed by atoms with E-state index < -0.39 is 0 Å². The quantitative estimate of drug-likeness (QED) is 0.799. The van der Waals surface area contributed by atoms with Crippen molar-refractivity contribution < 1.29 is 4.79 Å². The Kier molecular flexibility index (Phi) is 3.38. The van der Waals surface area contributed by atoms with Crippen LogP contribution in [-0.4, -0.2) is 45.6 Å². The molecule has 88 valence electrons. The van der Waals surface area contributed by atoms with Gasteiger partial charge in [0.15, 0.2) is 5.69 Å². The molecule has 1 aliphatic heterocycles. The number of thioether (sulfide) groups is 1. The topological polar surface area (TPSA) is 75.0 Å². The lowest BCUT2D eigenvalue weighted by molar-refractivity contribution is 0.0767. The van der Waals surface area contributed by atoms with E-state index in [4.69, 9.17) is 5.73 Å². The van der Waals surface area contributed by atoms with Crippen LogP contribution in [0.1, 0.15) is 23.1 Å². The van der Waals surface area contributed by atoms with Gasteiger partial charge in [0.25, 0.3) is 5.91 Å². The number of nitrogen functional groups attached to an aromatic ring is 1. The van der Waals surface area contributed by atoms with E-state index in [1.54, 1.807) is 0 Å². The van der Waals surface area contributed by atoms with Crippen molar-refractivity contribution in [3.05, 3.63) is 11.4 Å². The molecule has 0 aromatic carbocycles. The number of nitrogens with two attached hydrogens (primary N) is 1. The first kappa shape index (κ1) is 11.3. The lowest BCUT2D eigenvalue weighted by Crippen LogP contribution is -2.38. The molecule has 1 saturated heterocycles. The van der Waals surface area contributed by atoms with Crippen LogP contribution in [0.5, 0.6) is 0 Å². The zero-order valence-electron chi connectivity index (χ0n) is 9.32. The summed E-state index contributed by atoms with van der Waals surface area (Å²) in [6.45, 7) is 3.56. The molecule has 5 nitrogen and oxygen atoms in total. The summed E-state index contributed by atoms with van der Waals surface area (Å²) in [6, 6.07) is 0. The molecule has 0 spiro atoms. The third kappa shape index (κ3) is 2.02. The summed E-state index contributed by atoms with van der Waals surface area (Å²) in [5.41, 5.74) is 7.60. The van der Waals surface area contributed by atoms with Gasteiger partial charge in [-0.3, -0.25) is 9.89 Å². The van der Waals surface area contributed by atoms with Crippen molar-refractivity contribution in [3.8, 4) is 0 Å². The number of carbonyl (C=O) groups is 1. The van der Waals surface area contributed by atoms with Gasteiger partial charge in [-0.25, -0.2) is 0 Å². The van der Waals surface area contributed by atoms with E-state index in [1.807, 2.05) is 23.6 Å². The minimum atomic E-state index is -0.0475. The van der Waals surface area contributed by atoms with E-state index in [0.717, 1.165) is 36.7 Å². The number of amides is 1. The summed E-state index contributed by atoms with van der Waals surface area (Å²) < 4.78 is 0. The number of aryl methyl sites for hydroxylation is 1. The van der Waals surface area contributed by atoms with Crippen LogP contribution in [0, 0.1) is 0 Å². The standard InChI is InChI=1S/C10H16N4OS/c1-2-7-8(11)9(13-12-7)10(15)14-3-5-16-6-4-14/h2-6,11H2,1H3,(H,12,13). The Labute approximate surface area is 98.8 Å². The Morgan fingerprint density at radius 1 is 1.56 bits per heavy atom. The molecule has 0 radical (unpaired) electrons. The van der Waals surface area contributed by atoms with E-state index in [9.17, 15) is 4.79 Å². The number of aromatic nitrogens is 2. The van der Waals surface area contributed by atoms with E-state index in [0.29, 0.717) is 11.4 Å². The van der Waals surface area contributed by atoms with Gasteiger partial charge in [0.2, 0.25) is 0 Å². The summed E-state index contributed by atoms with van der Waals surface area (Å²) in [7, 11) is 0. The third-order valence-corrected chi connectivity index (χ3v) is 3.68. The van der Waals surface area contributed by atoms with Crippen molar-refractivity contribution in [2.45, 2.75) is 13.3 Å². The van der Waals surface area contributed by atoms with Crippen LogP contribution >= 0.6 is 11.8 Å². The van der Waals surface area contributed by atoms with Crippen LogP contribution in [0.4, 0.5) is 5.69 Å². The molecule has 16 heavy (non-hydrogen) atoms. The maximum atomic E-state index is 12.1. The Balaban J connectivity index is 2.16. The fraction of sp³-hybridized carbons (Fsp3) is 0.600. The molecule has 0 saturated carbocycles. The highest BCUT2D eigenvalue weighted by atomic mass is 32.2. The van der Waals surface area contributed by atoms with Gasteiger partial charge < -0.3 is 10.6 Å². The van der Waals surface area contributed by atoms with Gasteiger partial charge in [-0.05, 0) is 6.42 Å². The number of H-pyrrole nitrogens is 1. The SMILES string of the molecule is CCc1[nH]nc(C(=O)N2CCSCC2)c1N. The molecule has 3 N–H and O–H groups in total. The zero-order chi connectivity index (χ0) is 11.5. The molecule has 0 aliphatic carbocycles. The van der Waals surface area contributed by atoms with Gasteiger partial charge in [-0.2, -0.15) is 16.9 Å². The molecule has 2 heterocycles. The number of nitrogens with zero attached hydrogens (tertiary/aromatic N) is 2. The molecule has 0 atom stereocenters. The second-order valence-corrected chi connectivity index (χ2v) is 4.95. The number of nitrogens with one attached hydrogen (secondary N) is 1. The number of anilines is 1. The van der Waals surface area contributed by atoms with Crippen molar-refractivity contribution in [2.24, 2.45) is 0 Å². The number of aromatic amines is 1. The fourth-order valence-corrected chi connectivity index (χ4v) is 2.64. The summed E-state index contributed by atoms with van der Waals surface area (Å²) in [6.07, 6.45) is 0.766. The van der Waals surface area contributed by atoms with Crippen molar-refractivity contribution in [2.75, 3.05) is 30.3 Å². The molecule has 0 unspecified atom stereocenters. The lowest BCUT2D eigenvalue weighted by Gasteiger charge is -2.25. The highest BCUT2D eigenvalue weighted by Gasteiger charge is 2.23. The van der Waals surface area contributed by atoms with Crippen molar-refractivity contribution >= 4 is 23.4 Å². The highest BCUT2D eigenvalue weighted by Crippen LogP contribution is 2.18. The largest absolute Gasteiger partial charge is 0.395 e. The summed E-state index contributed by atoms with van der Waals surface area (Å²) >= 11 is 1.87. The van der Waals surface area contributed by atoms with E-state index in [2.05, 4.69) is 10.2 Å². The maximum Gasteiger partial charge on any atom is 0.276 e. The summed E-state index contributed by atoms with van der Waals surface area (Å²) in [5, 5.41) is 6.83. The maximum absolute atomic E-state index is 12.1. The molecule has 1 amide bonds. The molecule has 2 rings (SSSR count). The van der Waals surface area contributed by atoms with Gasteiger partial charge >= 0.3 is 0 Å². The Morgan fingerprint density at radius 2 is 2.25 bits per heavy atom. The second kappa shape index (κ2) is 4.78. The molecule has 1 aromatic heterocycles. The molecule has 1 aliphatic rings. The normalized spacial score (nSPS) is 16.4. The first-order valence-electron chi connectivity index (χ1n) is 5.43. The van der Waals surface area contributed by atoms with E-state index >= 15 is 0 Å². The van der Waals surface area contributed by atoms with Crippen LogP contribution in [0.25, 0.3) is 0 Å². The number of hydrogen-bond acceptors (Lipinski definition) is 4. The molecule has 6 heteroatoms. The first-order valence-corrected chi connectivity index (χ1v) is 6.59. The van der Waals surface area contributed by atoms with E-state index in [1.165, 1.54) is 0 Å². The van der Waals surface area contributed by atoms with Gasteiger partial charge in [0.1, 0.15) is 0 Å². The van der Waals surface area contributed by atoms with Crippen LogP contribution < -0.4 is 5.73 Å². The predicted octanol–water partition coefficient (Wildman–Crippen LogP) is 0.743. The van der Waals surface area contributed by atoms with Crippen LogP contribution in [0.15, 0.2) is 0 Å². The minimum absolute atomic E-state index is 0.0475. The number of hydrogen-bond donors (Lipinski definition) is 2. The summed E-state index contributed by atoms with van der Waals surface area (Å²) in [5.74, 6) is 1.95. The molecule has 1 aromatic rings. The van der Waals surface area contributed by atoms with Crippen molar-refractivity contribution in [1.82, 2.24) is 15.1 Å². The fourth-order valence-electron chi connectivity index (χ4n) is 1.74. The Bertz CT molecular complexity index is 384. The summed E-state index contributed by atoms with van der Waals surface area (Å²) in [4.78, 5) is 13.9. The zero-order valence-corrected chi connectivity index (χ0v) is 10.1. The van der Waals surface area contributed by atoms with Gasteiger partial charge in [-0.1, -0.05) is 6.92 Å². The van der Waals surface area contributed by atoms with Crippen LogP contribution in [0.3, 0.4) is 0 Å². The van der Waals surface area contributed by atoms with Gasteiger partial charge in [0, 0.05) is 24.6 Å². The average molecular weight is 240 g/mol.